The first-order valence-electron chi connectivity index (χ1n) is 6.29. The van der Waals surface area contributed by atoms with Gasteiger partial charge in [-0.05, 0) is 25.1 Å². The maximum absolute atomic E-state index is 3.57. The van der Waals surface area contributed by atoms with Crippen molar-refractivity contribution in [1.82, 2.24) is 10.2 Å². The monoisotopic (exact) mass is 230 g/mol. The van der Waals surface area contributed by atoms with Gasteiger partial charge in [0.05, 0.1) is 0 Å². The molecule has 0 aromatic rings. The van der Waals surface area contributed by atoms with Crippen molar-refractivity contribution in [3.8, 4) is 0 Å². The molecule has 0 aliphatic carbocycles. The summed E-state index contributed by atoms with van der Waals surface area (Å²) >= 11 is 2.11. The molecule has 0 aromatic heterocycles. The van der Waals surface area contributed by atoms with Crippen LogP contribution in [0.2, 0.25) is 0 Å². The maximum atomic E-state index is 3.57. The number of hydrogen-bond donors (Lipinski definition) is 1. The van der Waals surface area contributed by atoms with Crippen LogP contribution < -0.4 is 5.32 Å². The molecule has 0 aromatic carbocycles. The van der Waals surface area contributed by atoms with Gasteiger partial charge in [-0.2, -0.15) is 11.8 Å². The van der Waals surface area contributed by atoms with E-state index < -0.39 is 0 Å². The molecule has 0 spiro atoms. The van der Waals surface area contributed by atoms with E-state index in [1.807, 2.05) is 0 Å². The Morgan fingerprint density at radius 2 is 2.07 bits per heavy atom. The van der Waals surface area contributed by atoms with Crippen molar-refractivity contribution in [2.75, 3.05) is 31.1 Å². The molecule has 1 heterocycles. The summed E-state index contributed by atoms with van der Waals surface area (Å²) in [6.07, 6.45) is 2.63. The topological polar surface area (TPSA) is 15.3 Å². The summed E-state index contributed by atoms with van der Waals surface area (Å²) in [5.41, 5.74) is 0. The minimum Gasteiger partial charge on any atom is -0.313 e. The molecular formula is C12H26N2S. The first kappa shape index (κ1) is 13.3. The van der Waals surface area contributed by atoms with E-state index in [2.05, 4.69) is 42.7 Å². The summed E-state index contributed by atoms with van der Waals surface area (Å²) in [5.74, 6) is 2.67. The van der Waals surface area contributed by atoms with Gasteiger partial charge in [-0.3, -0.25) is 4.90 Å². The highest BCUT2D eigenvalue weighted by atomic mass is 32.2. The summed E-state index contributed by atoms with van der Waals surface area (Å²) < 4.78 is 0. The lowest BCUT2D eigenvalue weighted by Crippen LogP contribution is -2.44. The van der Waals surface area contributed by atoms with Crippen molar-refractivity contribution in [2.45, 2.75) is 45.7 Å². The van der Waals surface area contributed by atoms with Crippen molar-refractivity contribution in [2.24, 2.45) is 0 Å². The molecule has 1 rings (SSSR count). The van der Waals surface area contributed by atoms with E-state index in [9.17, 15) is 0 Å². The summed E-state index contributed by atoms with van der Waals surface area (Å²) in [4.78, 5) is 2.68. The minimum absolute atomic E-state index is 0.611. The summed E-state index contributed by atoms with van der Waals surface area (Å²) in [6, 6.07) is 1.35. The molecule has 1 atom stereocenters. The van der Waals surface area contributed by atoms with E-state index in [4.69, 9.17) is 0 Å². The molecule has 1 fully saturated rings. The molecule has 0 amide bonds. The first-order valence-corrected chi connectivity index (χ1v) is 7.44. The van der Waals surface area contributed by atoms with Gasteiger partial charge in [-0.1, -0.05) is 20.8 Å². The third-order valence-electron chi connectivity index (χ3n) is 3.01. The quantitative estimate of drug-likeness (QED) is 0.779. The number of nitrogens with zero attached hydrogens (tertiary/aromatic N) is 1. The Kier molecular flexibility index (Phi) is 6.69. The highest BCUT2D eigenvalue weighted by Crippen LogP contribution is 2.13. The van der Waals surface area contributed by atoms with Crippen LogP contribution in [0.15, 0.2) is 0 Å². The maximum Gasteiger partial charge on any atom is 0.0218 e. The fraction of sp³-hybridized carbons (Fsp3) is 1.00. The van der Waals surface area contributed by atoms with Gasteiger partial charge in [0, 0.05) is 30.9 Å². The van der Waals surface area contributed by atoms with Gasteiger partial charge in [0.15, 0.2) is 0 Å². The predicted molar refractivity (Wildman–Crippen MR) is 70.7 cm³/mol. The van der Waals surface area contributed by atoms with Crippen molar-refractivity contribution >= 4 is 11.8 Å². The molecule has 1 N–H and O–H groups in total. The zero-order valence-electron chi connectivity index (χ0n) is 10.5. The Balaban J connectivity index is 2.34. The molecule has 15 heavy (non-hydrogen) atoms. The molecule has 1 aliphatic heterocycles. The molecule has 1 unspecified atom stereocenters. The summed E-state index contributed by atoms with van der Waals surface area (Å²) in [6.45, 7) is 10.5. The zero-order valence-corrected chi connectivity index (χ0v) is 11.3. The minimum atomic E-state index is 0.611. The normalized spacial score (nSPS) is 21.6. The van der Waals surface area contributed by atoms with E-state index in [1.54, 1.807) is 0 Å². The molecule has 0 bridgehead atoms. The van der Waals surface area contributed by atoms with Crippen LogP contribution in [-0.2, 0) is 0 Å². The van der Waals surface area contributed by atoms with Gasteiger partial charge in [-0.25, -0.2) is 0 Å². The van der Waals surface area contributed by atoms with Gasteiger partial charge in [0.2, 0.25) is 0 Å². The van der Waals surface area contributed by atoms with Crippen molar-refractivity contribution in [3.63, 3.8) is 0 Å². The molecule has 1 saturated heterocycles. The fourth-order valence-electron chi connectivity index (χ4n) is 2.03. The Morgan fingerprint density at radius 3 is 2.73 bits per heavy atom. The van der Waals surface area contributed by atoms with Gasteiger partial charge in [-0.15, -0.1) is 0 Å². The third-order valence-corrected chi connectivity index (χ3v) is 4.05. The molecule has 90 valence electrons. The summed E-state index contributed by atoms with van der Waals surface area (Å²) in [7, 11) is 0. The van der Waals surface area contributed by atoms with E-state index in [1.165, 1.54) is 37.4 Å². The molecule has 1 aliphatic rings. The Morgan fingerprint density at radius 1 is 1.27 bits per heavy atom. The Bertz CT molecular complexity index is 154. The molecular weight excluding hydrogens is 204 g/mol. The van der Waals surface area contributed by atoms with Crippen LogP contribution in [0.4, 0.5) is 0 Å². The van der Waals surface area contributed by atoms with E-state index >= 15 is 0 Å². The van der Waals surface area contributed by atoms with Crippen LogP contribution >= 0.6 is 11.8 Å². The van der Waals surface area contributed by atoms with E-state index in [0.717, 1.165) is 12.6 Å². The lowest BCUT2D eigenvalue weighted by Gasteiger charge is -2.30. The molecule has 2 nitrogen and oxygen atoms in total. The average molecular weight is 230 g/mol. The van der Waals surface area contributed by atoms with E-state index in [0.29, 0.717) is 6.04 Å². The third kappa shape index (κ3) is 5.23. The SMILES string of the molecule is CCC(CNC(C)C)N1CCCSCC1. The average Bonchev–Trinajstić information content (AvgIpc) is 2.47. The second-order valence-electron chi connectivity index (χ2n) is 4.63. The Labute approximate surface area is 99.2 Å². The standard InChI is InChI=1S/C12H26N2S/c1-4-12(10-13-11(2)3)14-6-5-8-15-9-7-14/h11-13H,4-10H2,1-3H3. The number of rotatable bonds is 5. The lowest BCUT2D eigenvalue weighted by molar-refractivity contribution is 0.198. The second kappa shape index (κ2) is 7.53. The highest BCUT2D eigenvalue weighted by Gasteiger charge is 2.17. The Hall–Kier alpha value is 0.270. The zero-order chi connectivity index (χ0) is 11.1. The van der Waals surface area contributed by atoms with Gasteiger partial charge < -0.3 is 5.32 Å². The van der Waals surface area contributed by atoms with E-state index in [-0.39, 0.29) is 0 Å². The predicted octanol–water partition coefficient (Wildman–Crippen LogP) is 2.20. The molecule has 0 saturated carbocycles. The molecule has 3 heteroatoms. The van der Waals surface area contributed by atoms with Crippen LogP contribution in [0.25, 0.3) is 0 Å². The van der Waals surface area contributed by atoms with Crippen LogP contribution in [0.3, 0.4) is 0 Å². The number of hydrogen-bond acceptors (Lipinski definition) is 3. The van der Waals surface area contributed by atoms with Crippen LogP contribution in [0.1, 0.15) is 33.6 Å². The lowest BCUT2D eigenvalue weighted by atomic mass is 10.1. The summed E-state index contributed by atoms with van der Waals surface area (Å²) in [5, 5.41) is 3.57. The van der Waals surface area contributed by atoms with Crippen LogP contribution in [0, 0.1) is 0 Å². The van der Waals surface area contributed by atoms with Crippen LogP contribution in [0.5, 0.6) is 0 Å². The highest BCUT2D eigenvalue weighted by molar-refractivity contribution is 7.99. The second-order valence-corrected chi connectivity index (χ2v) is 5.85. The van der Waals surface area contributed by atoms with Crippen LogP contribution in [-0.4, -0.2) is 48.1 Å². The van der Waals surface area contributed by atoms with Crippen molar-refractivity contribution in [3.05, 3.63) is 0 Å². The van der Waals surface area contributed by atoms with Crippen molar-refractivity contribution < 1.29 is 0 Å². The van der Waals surface area contributed by atoms with Gasteiger partial charge >= 0.3 is 0 Å². The van der Waals surface area contributed by atoms with Crippen molar-refractivity contribution in [1.29, 1.82) is 0 Å². The number of nitrogens with one attached hydrogen (secondary N) is 1. The van der Waals surface area contributed by atoms with Gasteiger partial charge in [0.1, 0.15) is 0 Å². The largest absolute Gasteiger partial charge is 0.313 e. The smallest absolute Gasteiger partial charge is 0.0218 e. The fourth-order valence-corrected chi connectivity index (χ4v) is 2.93. The van der Waals surface area contributed by atoms with Gasteiger partial charge in [0.25, 0.3) is 0 Å². The first-order chi connectivity index (χ1) is 7.24. The number of thioether (sulfide) groups is 1. The molecule has 0 radical (unpaired) electrons.